The van der Waals surface area contributed by atoms with E-state index in [0.717, 1.165) is 29.7 Å². The second kappa shape index (κ2) is 12.1. The number of amides is 1. The zero-order valence-electron chi connectivity index (χ0n) is 19.5. The minimum absolute atomic E-state index is 0.227. The molecule has 3 rings (SSSR count). The Balaban J connectivity index is 0.00000166. The number of carbonyl (C=O) groups excluding carboxylic acids is 1. The lowest BCUT2D eigenvalue weighted by molar-refractivity contribution is 0.0199. The Hall–Kier alpha value is -2.93. The van der Waals surface area contributed by atoms with E-state index in [-0.39, 0.29) is 6.09 Å². The Morgan fingerprint density at radius 2 is 1.61 bits per heavy atom. The predicted molar refractivity (Wildman–Crippen MR) is 126 cm³/mol. The third-order valence-electron chi connectivity index (χ3n) is 4.67. The fraction of sp³-hybridized carbons (Fsp3) is 0.444. The van der Waals surface area contributed by atoms with Crippen LogP contribution in [0.4, 0.5) is 4.79 Å². The lowest BCUT2D eigenvalue weighted by atomic mass is 9.97. The van der Waals surface area contributed by atoms with Crippen molar-refractivity contribution in [2.75, 3.05) is 13.1 Å². The van der Waals surface area contributed by atoms with Gasteiger partial charge >= 0.3 is 6.09 Å². The van der Waals surface area contributed by atoms with Gasteiger partial charge in [-0.1, -0.05) is 56.0 Å². The first-order valence-corrected chi connectivity index (χ1v) is 11.2. The summed E-state index contributed by atoms with van der Waals surface area (Å²) < 4.78 is 11.3. The number of hydrogen-bond acceptors (Lipinski definition) is 3. The first kappa shape index (κ1) is 24.3. The van der Waals surface area contributed by atoms with Crippen LogP contribution in [-0.2, 0) is 11.3 Å². The smallest absolute Gasteiger partial charge is 0.410 e. The summed E-state index contributed by atoms with van der Waals surface area (Å²) in [6.45, 7) is 11.6. The van der Waals surface area contributed by atoms with Crippen LogP contribution in [0.2, 0.25) is 0 Å². The molecule has 0 bridgehead atoms. The molecule has 1 fully saturated rings. The van der Waals surface area contributed by atoms with Gasteiger partial charge in [-0.2, -0.15) is 0 Å². The van der Waals surface area contributed by atoms with Crippen molar-refractivity contribution in [1.82, 2.24) is 4.90 Å². The maximum Gasteiger partial charge on any atom is 0.410 e. The highest BCUT2D eigenvalue weighted by Gasteiger charge is 2.26. The molecule has 31 heavy (non-hydrogen) atoms. The second-order valence-electron chi connectivity index (χ2n) is 8.31. The van der Waals surface area contributed by atoms with Crippen molar-refractivity contribution in [1.29, 1.82) is 0 Å². The Bertz CT molecular complexity index is 849. The SMILES string of the molecule is CC.CC(C)(C)OC(=O)N1CCC(C#Cc2ccc(OCc3ccccc3)cc2)CC1. The van der Waals surface area contributed by atoms with Crippen LogP contribution >= 0.6 is 0 Å². The Labute approximate surface area is 187 Å². The van der Waals surface area contributed by atoms with Gasteiger partial charge in [-0.15, -0.1) is 0 Å². The number of likely N-dealkylation sites (tertiary alicyclic amines) is 1. The largest absolute Gasteiger partial charge is 0.489 e. The van der Waals surface area contributed by atoms with Gasteiger partial charge in [0.15, 0.2) is 0 Å². The summed E-state index contributed by atoms with van der Waals surface area (Å²) in [5, 5.41) is 0. The summed E-state index contributed by atoms with van der Waals surface area (Å²) in [7, 11) is 0. The van der Waals surface area contributed by atoms with Gasteiger partial charge < -0.3 is 14.4 Å². The molecule has 0 unspecified atom stereocenters. The Morgan fingerprint density at radius 1 is 1.00 bits per heavy atom. The Kier molecular flexibility index (Phi) is 9.46. The monoisotopic (exact) mass is 421 g/mol. The normalized spacial score (nSPS) is 13.9. The highest BCUT2D eigenvalue weighted by molar-refractivity contribution is 5.68. The molecule has 2 aromatic carbocycles. The van der Waals surface area contributed by atoms with Gasteiger partial charge in [-0.05, 0) is 63.4 Å². The van der Waals surface area contributed by atoms with E-state index < -0.39 is 5.60 Å². The summed E-state index contributed by atoms with van der Waals surface area (Å²) in [4.78, 5) is 13.9. The van der Waals surface area contributed by atoms with Gasteiger partial charge in [0.05, 0.1) is 0 Å². The molecule has 0 aromatic heterocycles. The average molecular weight is 422 g/mol. The lowest BCUT2D eigenvalue weighted by Gasteiger charge is -2.31. The molecule has 4 heteroatoms. The quantitative estimate of drug-likeness (QED) is 0.547. The number of hydrogen-bond donors (Lipinski definition) is 0. The molecule has 0 atom stereocenters. The molecule has 1 aliphatic rings. The molecule has 0 saturated carbocycles. The summed E-state index contributed by atoms with van der Waals surface area (Å²) in [6.07, 6.45) is 1.53. The molecule has 0 aliphatic carbocycles. The minimum Gasteiger partial charge on any atom is -0.489 e. The molecule has 1 amide bonds. The van der Waals surface area contributed by atoms with E-state index in [0.29, 0.717) is 25.6 Å². The molecule has 0 spiro atoms. The predicted octanol–water partition coefficient (Wildman–Crippen LogP) is 6.29. The van der Waals surface area contributed by atoms with Crippen LogP contribution in [-0.4, -0.2) is 29.7 Å². The van der Waals surface area contributed by atoms with E-state index in [9.17, 15) is 4.79 Å². The summed E-state index contributed by atoms with van der Waals surface area (Å²) in [6, 6.07) is 18.0. The van der Waals surface area contributed by atoms with Gasteiger partial charge in [0.1, 0.15) is 18.0 Å². The molecule has 166 valence electrons. The average Bonchev–Trinajstić information content (AvgIpc) is 2.78. The molecule has 1 saturated heterocycles. The third kappa shape index (κ3) is 8.76. The van der Waals surface area contributed by atoms with Crippen molar-refractivity contribution in [2.45, 2.75) is 59.7 Å². The van der Waals surface area contributed by atoms with E-state index in [1.165, 1.54) is 0 Å². The molecule has 4 nitrogen and oxygen atoms in total. The molecular weight excluding hydrogens is 386 g/mol. The molecule has 2 aromatic rings. The molecule has 1 heterocycles. The van der Waals surface area contributed by atoms with Crippen LogP contribution in [0, 0.1) is 17.8 Å². The highest BCUT2D eigenvalue weighted by atomic mass is 16.6. The molecular formula is C27H35NO3. The summed E-state index contributed by atoms with van der Waals surface area (Å²) in [5.74, 6) is 7.76. The zero-order valence-corrected chi connectivity index (χ0v) is 19.5. The van der Waals surface area contributed by atoms with E-state index in [2.05, 4.69) is 11.8 Å². The van der Waals surface area contributed by atoms with E-state index in [4.69, 9.17) is 9.47 Å². The van der Waals surface area contributed by atoms with Crippen LogP contribution in [0.5, 0.6) is 5.75 Å². The number of piperidine rings is 1. The first-order chi connectivity index (χ1) is 14.9. The number of benzene rings is 2. The number of rotatable bonds is 3. The van der Waals surface area contributed by atoms with Crippen LogP contribution in [0.15, 0.2) is 54.6 Å². The minimum atomic E-state index is -0.454. The van der Waals surface area contributed by atoms with Crippen molar-refractivity contribution in [3.05, 3.63) is 65.7 Å². The number of carbonyl (C=O) groups is 1. The van der Waals surface area contributed by atoms with E-state index in [1.807, 2.05) is 89.2 Å². The topological polar surface area (TPSA) is 38.8 Å². The molecule has 0 N–H and O–H groups in total. The Morgan fingerprint density at radius 3 is 2.19 bits per heavy atom. The van der Waals surface area contributed by atoms with Gasteiger partial charge in [0.25, 0.3) is 0 Å². The maximum absolute atomic E-state index is 12.1. The van der Waals surface area contributed by atoms with Crippen molar-refractivity contribution < 1.29 is 14.3 Å². The first-order valence-electron chi connectivity index (χ1n) is 11.2. The molecule has 1 aliphatic heterocycles. The van der Waals surface area contributed by atoms with Gasteiger partial charge in [-0.3, -0.25) is 0 Å². The van der Waals surface area contributed by atoms with Crippen LogP contribution in [0.1, 0.15) is 58.6 Å². The van der Waals surface area contributed by atoms with Crippen LogP contribution < -0.4 is 4.74 Å². The van der Waals surface area contributed by atoms with Crippen LogP contribution in [0.25, 0.3) is 0 Å². The highest BCUT2D eigenvalue weighted by Crippen LogP contribution is 2.20. The molecule has 0 radical (unpaired) electrons. The van der Waals surface area contributed by atoms with Gasteiger partial charge in [0, 0.05) is 24.6 Å². The zero-order chi connectivity index (χ0) is 22.7. The van der Waals surface area contributed by atoms with Crippen molar-refractivity contribution in [2.24, 2.45) is 5.92 Å². The fourth-order valence-electron chi connectivity index (χ4n) is 3.09. The maximum atomic E-state index is 12.1. The number of nitrogens with zero attached hydrogens (tertiary/aromatic N) is 1. The second-order valence-corrected chi connectivity index (χ2v) is 8.31. The standard InChI is InChI=1S/C25H29NO3.C2H6/c1-25(2,3)29-24(27)26-17-15-21(16-18-26)10-9-20-11-13-23(14-12-20)28-19-22-7-5-4-6-8-22;1-2/h4-8,11-14,21H,15-19H2,1-3H3;1-2H3. The van der Waals surface area contributed by atoms with Crippen LogP contribution in [0.3, 0.4) is 0 Å². The van der Waals surface area contributed by atoms with Crippen molar-refractivity contribution >= 4 is 6.09 Å². The van der Waals surface area contributed by atoms with Gasteiger partial charge in [-0.25, -0.2) is 4.79 Å². The summed E-state index contributed by atoms with van der Waals surface area (Å²) in [5.41, 5.74) is 1.67. The third-order valence-corrected chi connectivity index (χ3v) is 4.67. The van der Waals surface area contributed by atoms with E-state index >= 15 is 0 Å². The van der Waals surface area contributed by atoms with E-state index in [1.54, 1.807) is 4.90 Å². The summed E-state index contributed by atoms with van der Waals surface area (Å²) >= 11 is 0. The van der Waals surface area contributed by atoms with Crippen molar-refractivity contribution in [3.8, 4) is 17.6 Å². The van der Waals surface area contributed by atoms with Gasteiger partial charge in [0.2, 0.25) is 0 Å². The fourth-order valence-corrected chi connectivity index (χ4v) is 3.09. The van der Waals surface area contributed by atoms with Crippen molar-refractivity contribution in [3.63, 3.8) is 0 Å². The lowest BCUT2D eigenvalue weighted by Crippen LogP contribution is -2.41. The number of ether oxygens (including phenoxy) is 2.